The number of carbonyl (C=O) groups excluding carboxylic acids is 1. The summed E-state index contributed by atoms with van der Waals surface area (Å²) >= 11 is 2.23. The SMILES string of the molecule is Cc1ccc(CCC(=O)Nc2cccc(I)c2)cc1. The minimum Gasteiger partial charge on any atom is -0.326 e. The molecule has 0 radical (unpaired) electrons. The van der Waals surface area contributed by atoms with Crippen molar-refractivity contribution in [2.75, 3.05) is 5.32 Å². The molecule has 0 heterocycles. The van der Waals surface area contributed by atoms with Crippen molar-refractivity contribution in [3.8, 4) is 0 Å². The second-order valence-electron chi connectivity index (χ2n) is 4.54. The molecule has 1 N–H and O–H groups in total. The molecular weight excluding hydrogens is 349 g/mol. The summed E-state index contributed by atoms with van der Waals surface area (Å²) in [4.78, 5) is 11.9. The average molecular weight is 365 g/mol. The van der Waals surface area contributed by atoms with Crippen molar-refractivity contribution in [2.24, 2.45) is 0 Å². The van der Waals surface area contributed by atoms with Crippen LogP contribution in [0.4, 0.5) is 5.69 Å². The second-order valence-corrected chi connectivity index (χ2v) is 5.79. The molecule has 0 aromatic heterocycles. The molecule has 98 valence electrons. The third-order valence-electron chi connectivity index (χ3n) is 2.87. The second kappa shape index (κ2) is 6.70. The first kappa shape index (κ1) is 14.1. The quantitative estimate of drug-likeness (QED) is 0.810. The van der Waals surface area contributed by atoms with Crippen LogP contribution in [0.1, 0.15) is 17.5 Å². The van der Waals surface area contributed by atoms with Crippen LogP contribution >= 0.6 is 22.6 Å². The highest BCUT2D eigenvalue weighted by molar-refractivity contribution is 14.1. The Morgan fingerprint density at radius 3 is 2.58 bits per heavy atom. The van der Waals surface area contributed by atoms with E-state index >= 15 is 0 Å². The lowest BCUT2D eigenvalue weighted by molar-refractivity contribution is -0.116. The Bertz CT molecular complexity index is 563. The number of nitrogens with one attached hydrogen (secondary N) is 1. The monoisotopic (exact) mass is 365 g/mol. The summed E-state index contributed by atoms with van der Waals surface area (Å²) in [5.41, 5.74) is 3.30. The number of aryl methyl sites for hydroxylation is 2. The highest BCUT2D eigenvalue weighted by atomic mass is 127. The van der Waals surface area contributed by atoms with Crippen LogP contribution in [-0.2, 0) is 11.2 Å². The summed E-state index contributed by atoms with van der Waals surface area (Å²) in [7, 11) is 0. The minimum absolute atomic E-state index is 0.0579. The number of rotatable bonds is 4. The standard InChI is InChI=1S/C16H16INO/c1-12-5-7-13(8-6-12)9-10-16(19)18-15-4-2-3-14(17)11-15/h2-8,11H,9-10H2,1H3,(H,18,19). The molecule has 0 bridgehead atoms. The Hall–Kier alpha value is -1.36. The lowest BCUT2D eigenvalue weighted by Gasteiger charge is -2.06. The molecule has 0 saturated carbocycles. The van der Waals surface area contributed by atoms with Crippen LogP contribution < -0.4 is 5.32 Å². The zero-order chi connectivity index (χ0) is 13.7. The van der Waals surface area contributed by atoms with Gasteiger partial charge in [0.15, 0.2) is 0 Å². The van der Waals surface area contributed by atoms with Crippen LogP contribution in [0.15, 0.2) is 48.5 Å². The van der Waals surface area contributed by atoms with E-state index in [1.807, 2.05) is 24.3 Å². The van der Waals surface area contributed by atoms with Gasteiger partial charge < -0.3 is 5.32 Å². The van der Waals surface area contributed by atoms with Crippen molar-refractivity contribution >= 4 is 34.2 Å². The summed E-state index contributed by atoms with van der Waals surface area (Å²) in [5, 5.41) is 2.92. The first-order valence-electron chi connectivity index (χ1n) is 6.24. The molecule has 0 aliphatic heterocycles. The van der Waals surface area contributed by atoms with Crippen LogP contribution in [-0.4, -0.2) is 5.91 Å². The molecule has 0 unspecified atom stereocenters. The van der Waals surface area contributed by atoms with E-state index in [4.69, 9.17) is 0 Å². The van der Waals surface area contributed by atoms with Gasteiger partial charge in [0.05, 0.1) is 0 Å². The van der Waals surface area contributed by atoms with Crippen molar-refractivity contribution < 1.29 is 4.79 Å². The Labute approximate surface area is 127 Å². The molecule has 0 fully saturated rings. The predicted molar refractivity (Wildman–Crippen MR) is 87.3 cm³/mol. The van der Waals surface area contributed by atoms with E-state index in [1.165, 1.54) is 11.1 Å². The lowest BCUT2D eigenvalue weighted by atomic mass is 10.1. The Morgan fingerprint density at radius 1 is 1.16 bits per heavy atom. The molecule has 2 rings (SSSR count). The molecule has 1 amide bonds. The third kappa shape index (κ3) is 4.67. The summed E-state index contributed by atoms with van der Waals surface area (Å²) in [6.07, 6.45) is 1.28. The molecule has 2 aromatic carbocycles. The minimum atomic E-state index is 0.0579. The fraction of sp³-hybridized carbons (Fsp3) is 0.188. The van der Waals surface area contributed by atoms with Gasteiger partial charge in [-0.05, 0) is 59.7 Å². The molecule has 3 heteroatoms. The molecular formula is C16H16INO. The van der Waals surface area contributed by atoms with E-state index in [0.29, 0.717) is 6.42 Å². The number of anilines is 1. The number of amides is 1. The smallest absolute Gasteiger partial charge is 0.224 e. The predicted octanol–water partition coefficient (Wildman–Crippen LogP) is 4.17. The molecule has 19 heavy (non-hydrogen) atoms. The van der Waals surface area contributed by atoms with Gasteiger partial charge in [-0.1, -0.05) is 35.9 Å². The molecule has 0 spiro atoms. The van der Waals surface area contributed by atoms with Gasteiger partial charge in [-0.2, -0.15) is 0 Å². The van der Waals surface area contributed by atoms with Crippen molar-refractivity contribution in [1.82, 2.24) is 0 Å². The molecule has 0 atom stereocenters. The van der Waals surface area contributed by atoms with Crippen LogP contribution in [0.3, 0.4) is 0 Å². The number of carbonyl (C=O) groups is 1. The first-order valence-corrected chi connectivity index (χ1v) is 7.32. The van der Waals surface area contributed by atoms with E-state index in [1.54, 1.807) is 0 Å². The highest BCUT2D eigenvalue weighted by Crippen LogP contribution is 2.13. The van der Waals surface area contributed by atoms with Gasteiger partial charge in [-0.25, -0.2) is 0 Å². The normalized spacial score (nSPS) is 10.2. The van der Waals surface area contributed by atoms with Crippen molar-refractivity contribution in [3.63, 3.8) is 0 Å². The zero-order valence-electron chi connectivity index (χ0n) is 10.8. The molecule has 0 aliphatic carbocycles. The maximum atomic E-state index is 11.9. The number of hydrogen-bond donors (Lipinski definition) is 1. The van der Waals surface area contributed by atoms with E-state index in [-0.39, 0.29) is 5.91 Å². The number of halogens is 1. The van der Waals surface area contributed by atoms with Gasteiger partial charge in [-0.3, -0.25) is 4.79 Å². The maximum absolute atomic E-state index is 11.9. The largest absolute Gasteiger partial charge is 0.326 e. The molecule has 0 saturated heterocycles. The van der Waals surface area contributed by atoms with Gasteiger partial charge in [0.25, 0.3) is 0 Å². The maximum Gasteiger partial charge on any atom is 0.224 e. The summed E-state index contributed by atoms with van der Waals surface area (Å²) < 4.78 is 1.12. The number of hydrogen-bond acceptors (Lipinski definition) is 1. The van der Waals surface area contributed by atoms with E-state index in [0.717, 1.165) is 15.7 Å². The van der Waals surface area contributed by atoms with Gasteiger partial charge in [-0.15, -0.1) is 0 Å². The van der Waals surface area contributed by atoms with Crippen LogP contribution in [0.2, 0.25) is 0 Å². The fourth-order valence-electron chi connectivity index (χ4n) is 1.80. The van der Waals surface area contributed by atoms with Gasteiger partial charge in [0.1, 0.15) is 0 Å². The topological polar surface area (TPSA) is 29.1 Å². The van der Waals surface area contributed by atoms with Crippen LogP contribution in [0.25, 0.3) is 0 Å². The summed E-state index contributed by atoms with van der Waals surface area (Å²) in [5.74, 6) is 0.0579. The van der Waals surface area contributed by atoms with Crippen molar-refractivity contribution in [1.29, 1.82) is 0 Å². The van der Waals surface area contributed by atoms with Gasteiger partial charge >= 0.3 is 0 Å². The molecule has 0 aliphatic rings. The van der Waals surface area contributed by atoms with E-state index in [9.17, 15) is 4.79 Å². The van der Waals surface area contributed by atoms with Gasteiger partial charge in [0, 0.05) is 15.7 Å². The van der Waals surface area contributed by atoms with Crippen LogP contribution in [0.5, 0.6) is 0 Å². The Kier molecular flexibility index (Phi) is 4.96. The Morgan fingerprint density at radius 2 is 1.89 bits per heavy atom. The van der Waals surface area contributed by atoms with E-state index < -0.39 is 0 Å². The zero-order valence-corrected chi connectivity index (χ0v) is 13.0. The summed E-state index contributed by atoms with van der Waals surface area (Å²) in [6, 6.07) is 16.1. The van der Waals surface area contributed by atoms with Crippen molar-refractivity contribution in [2.45, 2.75) is 19.8 Å². The molecule has 2 nitrogen and oxygen atoms in total. The van der Waals surface area contributed by atoms with Crippen LogP contribution in [0, 0.1) is 10.5 Å². The lowest BCUT2D eigenvalue weighted by Crippen LogP contribution is -2.12. The van der Waals surface area contributed by atoms with Gasteiger partial charge in [0.2, 0.25) is 5.91 Å². The summed E-state index contributed by atoms with van der Waals surface area (Å²) in [6.45, 7) is 2.06. The first-order chi connectivity index (χ1) is 9.13. The van der Waals surface area contributed by atoms with Crippen molar-refractivity contribution in [3.05, 3.63) is 63.2 Å². The van der Waals surface area contributed by atoms with E-state index in [2.05, 4.69) is 59.1 Å². The average Bonchev–Trinajstić information content (AvgIpc) is 2.38. The molecule has 2 aromatic rings. The highest BCUT2D eigenvalue weighted by Gasteiger charge is 2.03. The third-order valence-corrected chi connectivity index (χ3v) is 3.54. The Balaban J connectivity index is 1.86. The number of benzene rings is 2. The fourth-order valence-corrected chi connectivity index (χ4v) is 2.35.